The first kappa shape index (κ1) is 21.1. The van der Waals surface area contributed by atoms with Crippen LogP contribution in [0.4, 0.5) is 8.78 Å². The van der Waals surface area contributed by atoms with Crippen molar-refractivity contribution in [2.75, 3.05) is 0 Å². The van der Waals surface area contributed by atoms with Crippen LogP contribution in [-0.4, -0.2) is 0 Å². The topological polar surface area (TPSA) is 0 Å². The lowest BCUT2D eigenvalue weighted by molar-refractivity contribution is 0.310. The molecule has 1 aliphatic carbocycles. The molecule has 0 amide bonds. The van der Waals surface area contributed by atoms with Gasteiger partial charge in [0.2, 0.25) is 0 Å². The van der Waals surface area contributed by atoms with E-state index in [0.29, 0.717) is 28.8 Å². The largest absolute Gasteiger partial charge is 0.206 e. The Bertz CT molecular complexity index is 961. The summed E-state index contributed by atoms with van der Waals surface area (Å²) >= 11 is 5.88. The summed E-state index contributed by atoms with van der Waals surface area (Å²) in [6, 6.07) is 18.5. The third-order valence-electron chi connectivity index (χ3n) is 6.47. The van der Waals surface area contributed by atoms with Crippen LogP contribution in [0.1, 0.15) is 54.7 Å². The lowest BCUT2D eigenvalue weighted by Gasteiger charge is -2.29. The molecule has 3 aromatic rings. The summed E-state index contributed by atoms with van der Waals surface area (Å²) in [6.07, 6.45) is 6.48. The van der Waals surface area contributed by atoms with E-state index in [4.69, 9.17) is 11.6 Å². The van der Waals surface area contributed by atoms with E-state index >= 15 is 0 Å². The number of hydrogen-bond donors (Lipinski definition) is 0. The van der Waals surface area contributed by atoms with Crippen molar-refractivity contribution in [3.63, 3.8) is 0 Å². The van der Waals surface area contributed by atoms with Crippen molar-refractivity contribution in [2.45, 2.75) is 51.4 Å². The molecule has 0 unspecified atom stereocenters. The van der Waals surface area contributed by atoms with E-state index in [1.54, 1.807) is 24.3 Å². The third-order valence-corrected chi connectivity index (χ3v) is 6.72. The van der Waals surface area contributed by atoms with Crippen LogP contribution < -0.4 is 0 Å². The van der Waals surface area contributed by atoms with E-state index in [0.717, 1.165) is 12.0 Å². The van der Waals surface area contributed by atoms with Gasteiger partial charge in [-0.25, -0.2) is 8.78 Å². The van der Waals surface area contributed by atoms with Crippen LogP contribution in [0.15, 0.2) is 60.7 Å². The van der Waals surface area contributed by atoms with E-state index in [1.165, 1.54) is 48.9 Å². The fourth-order valence-electron chi connectivity index (χ4n) is 4.66. The Labute approximate surface area is 182 Å². The van der Waals surface area contributed by atoms with Gasteiger partial charge in [-0.1, -0.05) is 53.6 Å². The molecule has 3 heteroatoms. The summed E-state index contributed by atoms with van der Waals surface area (Å²) < 4.78 is 29.3. The van der Waals surface area contributed by atoms with E-state index in [2.05, 4.69) is 31.2 Å². The first-order chi connectivity index (χ1) is 14.5. The van der Waals surface area contributed by atoms with Gasteiger partial charge in [0, 0.05) is 5.02 Å². The van der Waals surface area contributed by atoms with Crippen LogP contribution in [0.3, 0.4) is 0 Å². The van der Waals surface area contributed by atoms with Crippen molar-refractivity contribution in [1.29, 1.82) is 0 Å². The number of hydrogen-bond acceptors (Lipinski definition) is 0. The Morgan fingerprint density at radius 2 is 1.43 bits per heavy atom. The minimum atomic E-state index is -0.504. The highest BCUT2D eigenvalue weighted by Gasteiger charge is 2.22. The maximum absolute atomic E-state index is 14.7. The molecule has 3 aromatic carbocycles. The van der Waals surface area contributed by atoms with E-state index in [-0.39, 0.29) is 5.56 Å². The van der Waals surface area contributed by atoms with Gasteiger partial charge >= 0.3 is 0 Å². The molecule has 0 N–H and O–H groups in total. The zero-order chi connectivity index (χ0) is 21.1. The average Bonchev–Trinajstić information content (AvgIpc) is 2.74. The summed E-state index contributed by atoms with van der Waals surface area (Å²) in [5, 5.41) is 0.549. The maximum Gasteiger partial charge on any atom is 0.134 e. The molecule has 1 fully saturated rings. The third kappa shape index (κ3) is 4.92. The Kier molecular flexibility index (Phi) is 6.53. The van der Waals surface area contributed by atoms with Gasteiger partial charge in [-0.2, -0.15) is 0 Å². The van der Waals surface area contributed by atoms with Gasteiger partial charge < -0.3 is 0 Å². The highest BCUT2D eigenvalue weighted by molar-refractivity contribution is 6.30. The Balaban J connectivity index is 1.35. The molecule has 0 spiro atoms. The van der Waals surface area contributed by atoms with Crippen LogP contribution in [-0.2, 0) is 6.42 Å². The number of halogens is 3. The van der Waals surface area contributed by atoms with Crippen molar-refractivity contribution in [1.82, 2.24) is 0 Å². The number of rotatable bonds is 5. The second-order valence-electron chi connectivity index (χ2n) is 8.61. The van der Waals surface area contributed by atoms with Gasteiger partial charge in [-0.15, -0.1) is 0 Å². The fourth-order valence-corrected chi connectivity index (χ4v) is 4.78. The molecular formula is C27H27ClF2. The molecule has 4 rings (SSSR count). The van der Waals surface area contributed by atoms with E-state index in [1.807, 2.05) is 0 Å². The molecular weight excluding hydrogens is 398 g/mol. The monoisotopic (exact) mass is 424 g/mol. The van der Waals surface area contributed by atoms with Crippen LogP contribution >= 0.6 is 11.6 Å². The molecule has 0 aliphatic heterocycles. The molecule has 30 heavy (non-hydrogen) atoms. The molecule has 0 saturated heterocycles. The Hall–Kier alpha value is -2.19. The first-order valence-corrected chi connectivity index (χ1v) is 11.2. The second kappa shape index (κ2) is 9.31. The molecule has 0 radical (unpaired) electrons. The van der Waals surface area contributed by atoms with Gasteiger partial charge in [0.05, 0.1) is 5.56 Å². The van der Waals surface area contributed by atoms with E-state index in [9.17, 15) is 8.78 Å². The lowest BCUT2D eigenvalue weighted by atomic mass is 9.77. The van der Waals surface area contributed by atoms with Crippen LogP contribution in [0.25, 0.3) is 11.1 Å². The SMILES string of the molecule is Cc1ccc([C@H]2CC[C@H](CCc3cc(F)c(-c4ccc(Cl)cc4)c(F)c3)CC2)cc1. The summed E-state index contributed by atoms with van der Waals surface area (Å²) in [7, 11) is 0. The molecule has 0 heterocycles. The van der Waals surface area contributed by atoms with Gasteiger partial charge in [-0.05, 0) is 98.2 Å². The van der Waals surface area contributed by atoms with Crippen molar-refractivity contribution in [2.24, 2.45) is 5.92 Å². The minimum Gasteiger partial charge on any atom is -0.206 e. The predicted octanol–water partition coefficient (Wildman–Crippen LogP) is 8.50. The molecule has 0 bridgehead atoms. The van der Waals surface area contributed by atoms with E-state index < -0.39 is 11.6 Å². The van der Waals surface area contributed by atoms with Crippen LogP contribution in [0.5, 0.6) is 0 Å². The van der Waals surface area contributed by atoms with Gasteiger partial charge in [0.25, 0.3) is 0 Å². The molecule has 0 aromatic heterocycles. The first-order valence-electron chi connectivity index (χ1n) is 10.8. The van der Waals surface area contributed by atoms with Crippen LogP contribution in [0, 0.1) is 24.5 Å². The molecule has 1 aliphatic rings. The maximum atomic E-state index is 14.7. The zero-order valence-electron chi connectivity index (χ0n) is 17.3. The molecule has 0 atom stereocenters. The highest BCUT2D eigenvalue weighted by atomic mass is 35.5. The predicted molar refractivity (Wildman–Crippen MR) is 121 cm³/mol. The lowest BCUT2D eigenvalue weighted by Crippen LogP contribution is -2.14. The summed E-state index contributed by atoms with van der Waals surface area (Å²) in [5.41, 5.74) is 4.02. The summed E-state index contributed by atoms with van der Waals surface area (Å²) in [5.74, 6) is 0.273. The summed E-state index contributed by atoms with van der Waals surface area (Å²) in [6.45, 7) is 2.12. The van der Waals surface area contributed by atoms with Crippen molar-refractivity contribution < 1.29 is 8.78 Å². The Morgan fingerprint density at radius 1 is 0.833 bits per heavy atom. The smallest absolute Gasteiger partial charge is 0.134 e. The molecule has 1 saturated carbocycles. The second-order valence-corrected chi connectivity index (χ2v) is 9.04. The van der Waals surface area contributed by atoms with Crippen molar-refractivity contribution in [3.8, 4) is 11.1 Å². The Morgan fingerprint density at radius 3 is 2.03 bits per heavy atom. The average molecular weight is 425 g/mol. The van der Waals surface area contributed by atoms with Crippen molar-refractivity contribution in [3.05, 3.63) is 94.0 Å². The summed E-state index contributed by atoms with van der Waals surface area (Å²) in [4.78, 5) is 0. The van der Waals surface area contributed by atoms with Crippen molar-refractivity contribution >= 4 is 11.6 Å². The normalized spacial score (nSPS) is 19.1. The quantitative estimate of drug-likeness (QED) is 0.385. The fraction of sp³-hybridized carbons (Fsp3) is 0.333. The zero-order valence-corrected chi connectivity index (χ0v) is 18.1. The van der Waals surface area contributed by atoms with Gasteiger partial charge in [0.1, 0.15) is 11.6 Å². The standard InChI is InChI=1S/C27H27ClF2/c1-18-2-8-21(9-3-18)22-10-6-19(7-11-22)4-5-20-16-25(29)27(26(30)17-20)23-12-14-24(28)15-13-23/h2-3,8-9,12-17,19,22H,4-7,10-11H2,1H3/t19-,22-. The highest BCUT2D eigenvalue weighted by Crippen LogP contribution is 2.38. The van der Waals surface area contributed by atoms with Gasteiger partial charge in [-0.3, -0.25) is 0 Å². The minimum absolute atomic E-state index is 0.0222. The van der Waals surface area contributed by atoms with Crippen LogP contribution in [0.2, 0.25) is 5.02 Å². The molecule has 156 valence electrons. The molecule has 0 nitrogen and oxygen atoms in total. The number of benzene rings is 3. The van der Waals surface area contributed by atoms with Gasteiger partial charge in [0.15, 0.2) is 0 Å². The number of aryl methyl sites for hydroxylation is 2.